The molecule has 0 saturated carbocycles. The molecule has 0 bridgehead atoms. The molecule has 0 radical (unpaired) electrons. The number of carbonyl (C=O) groups is 2. The fraction of sp³-hybridized carbons (Fsp3) is 0.556. The zero-order valence-electron chi connectivity index (χ0n) is 15.0. The van der Waals surface area contributed by atoms with Gasteiger partial charge in [-0.15, -0.1) is 11.8 Å². The topological polar surface area (TPSA) is 64.7 Å². The molecular formula is C18H25FN4O2S. The van der Waals surface area contributed by atoms with E-state index in [1.807, 2.05) is 6.92 Å². The van der Waals surface area contributed by atoms with E-state index in [1.165, 1.54) is 12.1 Å². The maximum atomic E-state index is 13.6. The van der Waals surface area contributed by atoms with Crippen LogP contribution in [-0.2, 0) is 4.79 Å². The van der Waals surface area contributed by atoms with Crippen molar-refractivity contribution in [3.63, 3.8) is 0 Å². The lowest BCUT2D eigenvalue weighted by Gasteiger charge is -2.36. The highest BCUT2D eigenvalue weighted by molar-refractivity contribution is 7.99. The third-order valence-corrected chi connectivity index (χ3v) is 5.83. The highest BCUT2D eigenvalue weighted by Gasteiger charge is 2.27. The summed E-state index contributed by atoms with van der Waals surface area (Å²) < 4.78 is 13.6. The monoisotopic (exact) mass is 380 g/mol. The van der Waals surface area contributed by atoms with Gasteiger partial charge in [-0.3, -0.25) is 9.69 Å². The number of urea groups is 1. The molecule has 0 aromatic heterocycles. The number of piperazine rings is 1. The van der Waals surface area contributed by atoms with Gasteiger partial charge in [-0.1, -0.05) is 0 Å². The Labute approximate surface area is 157 Å². The molecule has 0 aliphatic carbocycles. The molecule has 8 heteroatoms. The van der Waals surface area contributed by atoms with Gasteiger partial charge in [-0.2, -0.15) is 0 Å². The minimum atomic E-state index is -0.274. The van der Waals surface area contributed by atoms with Gasteiger partial charge >= 0.3 is 6.03 Å². The maximum Gasteiger partial charge on any atom is 0.317 e. The second kappa shape index (κ2) is 8.73. The molecule has 2 aliphatic heterocycles. The van der Waals surface area contributed by atoms with Crippen LogP contribution in [0, 0.1) is 5.82 Å². The Bertz CT molecular complexity index is 665. The lowest BCUT2D eigenvalue weighted by Crippen LogP contribution is -2.53. The van der Waals surface area contributed by atoms with Gasteiger partial charge in [0.25, 0.3) is 0 Å². The summed E-state index contributed by atoms with van der Waals surface area (Å²) in [7, 11) is 0. The van der Waals surface area contributed by atoms with Crippen LogP contribution in [0.15, 0.2) is 23.1 Å². The first-order valence-electron chi connectivity index (χ1n) is 9.03. The average molecular weight is 380 g/mol. The van der Waals surface area contributed by atoms with E-state index < -0.39 is 0 Å². The standard InChI is InChI=1S/C18H25FN4O2S/c1-2-20-17(24)12-22-6-8-23(9-7-22)18(25)21-15-5-10-26-16-4-3-13(19)11-14(15)16/h3-4,11,15H,2,5-10,12H2,1H3,(H,20,24)(H,21,25). The molecule has 2 heterocycles. The predicted molar refractivity (Wildman–Crippen MR) is 99.7 cm³/mol. The van der Waals surface area contributed by atoms with Crippen LogP contribution >= 0.6 is 11.8 Å². The number of hydrogen-bond donors (Lipinski definition) is 2. The minimum Gasteiger partial charge on any atom is -0.355 e. The largest absolute Gasteiger partial charge is 0.355 e. The van der Waals surface area contributed by atoms with E-state index in [1.54, 1.807) is 22.7 Å². The highest BCUT2D eigenvalue weighted by Crippen LogP contribution is 2.36. The molecule has 1 unspecified atom stereocenters. The van der Waals surface area contributed by atoms with E-state index >= 15 is 0 Å². The molecule has 1 atom stereocenters. The Kier molecular flexibility index (Phi) is 6.37. The van der Waals surface area contributed by atoms with Crippen LogP contribution in [0.5, 0.6) is 0 Å². The van der Waals surface area contributed by atoms with Crippen LogP contribution in [-0.4, -0.2) is 66.8 Å². The summed E-state index contributed by atoms with van der Waals surface area (Å²) in [5.41, 5.74) is 0.865. The van der Waals surface area contributed by atoms with Gasteiger partial charge in [-0.25, -0.2) is 9.18 Å². The Balaban J connectivity index is 1.53. The number of nitrogens with one attached hydrogen (secondary N) is 2. The fourth-order valence-electron chi connectivity index (χ4n) is 3.32. The molecule has 2 N–H and O–H groups in total. The van der Waals surface area contributed by atoms with Gasteiger partial charge in [0.2, 0.25) is 5.91 Å². The highest BCUT2D eigenvalue weighted by atomic mass is 32.2. The summed E-state index contributed by atoms with van der Waals surface area (Å²) in [4.78, 5) is 29.1. The van der Waals surface area contributed by atoms with Crippen molar-refractivity contribution in [2.45, 2.75) is 24.3 Å². The molecule has 3 rings (SSSR count). The van der Waals surface area contributed by atoms with Gasteiger partial charge in [0.15, 0.2) is 0 Å². The molecule has 1 aromatic rings. The molecule has 26 heavy (non-hydrogen) atoms. The van der Waals surface area contributed by atoms with Crippen molar-refractivity contribution in [3.8, 4) is 0 Å². The summed E-state index contributed by atoms with van der Waals surface area (Å²) in [5, 5.41) is 5.85. The average Bonchev–Trinajstić information content (AvgIpc) is 2.63. The van der Waals surface area contributed by atoms with Crippen LogP contribution < -0.4 is 10.6 Å². The van der Waals surface area contributed by atoms with Crippen molar-refractivity contribution in [1.82, 2.24) is 20.4 Å². The smallest absolute Gasteiger partial charge is 0.317 e. The van der Waals surface area contributed by atoms with Crippen molar-refractivity contribution in [2.24, 2.45) is 0 Å². The maximum absolute atomic E-state index is 13.6. The summed E-state index contributed by atoms with van der Waals surface area (Å²) in [5.74, 6) is 0.650. The van der Waals surface area contributed by atoms with Gasteiger partial charge in [0, 0.05) is 43.4 Å². The summed E-state index contributed by atoms with van der Waals surface area (Å²) >= 11 is 1.70. The first kappa shape index (κ1) is 19.0. The van der Waals surface area contributed by atoms with Crippen molar-refractivity contribution >= 4 is 23.7 Å². The zero-order chi connectivity index (χ0) is 18.5. The lowest BCUT2D eigenvalue weighted by molar-refractivity contribution is -0.122. The number of benzene rings is 1. The van der Waals surface area contributed by atoms with Crippen LogP contribution in [0.3, 0.4) is 0 Å². The van der Waals surface area contributed by atoms with Gasteiger partial charge < -0.3 is 15.5 Å². The molecular weight excluding hydrogens is 355 g/mol. The Morgan fingerprint density at radius 1 is 1.27 bits per heavy atom. The molecule has 3 amide bonds. The molecule has 6 nitrogen and oxygen atoms in total. The molecule has 2 aliphatic rings. The van der Waals surface area contributed by atoms with Crippen LogP contribution in [0.25, 0.3) is 0 Å². The number of fused-ring (bicyclic) bond motifs is 1. The molecule has 1 aromatic carbocycles. The van der Waals surface area contributed by atoms with E-state index in [-0.39, 0.29) is 23.8 Å². The fourth-order valence-corrected chi connectivity index (χ4v) is 4.43. The number of amides is 3. The SMILES string of the molecule is CCNC(=O)CN1CCN(C(=O)NC2CCSc3ccc(F)cc32)CC1. The first-order chi connectivity index (χ1) is 12.6. The van der Waals surface area contributed by atoms with E-state index in [2.05, 4.69) is 15.5 Å². The third kappa shape index (κ3) is 4.67. The lowest BCUT2D eigenvalue weighted by atomic mass is 10.0. The number of thioether (sulfide) groups is 1. The number of rotatable bonds is 4. The number of nitrogens with zero attached hydrogens (tertiary/aromatic N) is 2. The van der Waals surface area contributed by atoms with E-state index in [9.17, 15) is 14.0 Å². The first-order valence-corrected chi connectivity index (χ1v) is 10.0. The number of likely N-dealkylation sites (N-methyl/N-ethyl adjacent to an activating group) is 1. The van der Waals surface area contributed by atoms with Gasteiger partial charge in [0.1, 0.15) is 5.82 Å². The zero-order valence-corrected chi connectivity index (χ0v) is 15.8. The van der Waals surface area contributed by atoms with E-state index in [4.69, 9.17) is 0 Å². The van der Waals surface area contributed by atoms with Gasteiger partial charge in [-0.05, 0) is 37.1 Å². The molecule has 0 spiro atoms. The Hall–Kier alpha value is -1.80. The van der Waals surface area contributed by atoms with Crippen molar-refractivity contribution in [3.05, 3.63) is 29.6 Å². The van der Waals surface area contributed by atoms with Crippen LogP contribution in [0.4, 0.5) is 9.18 Å². The predicted octanol–water partition coefficient (Wildman–Crippen LogP) is 1.83. The van der Waals surface area contributed by atoms with Gasteiger partial charge in [0.05, 0.1) is 12.6 Å². The summed E-state index contributed by atoms with van der Waals surface area (Å²) in [6.45, 7) is 5.42. The Morgan fingerprint density at radius 2 is 2.04 bits per heavy atom. The quantitative estimate of drug-likeness (QED) is 0.837. The van der Waals surface area contributed by atoms with Crippen molar-refractivity contribution in [1.29, 1.82) is 0 Å². The third-order valence-electron chi connectivity index (χ3n) is 4.71. The van der Waals surface area contributed by atoms with Crippen molar-refractivity contribution < 1.29 is 14.0 Å². The van der Waals surface area contributed by atoms with E-state index in [0.717, 1.165) is 22.6 Å². The van der Waals surface area contributed by atoms with Crippen LogP contribution in [0.2, 0.25) is 0 Å². The molecule has 1 saturated heterocycles. The number of hydrogen-bond acceptors (Lipinski definition) is 4. The minimum absolute atomic E-state index is 0.0174. The second-order valence-electron chi connectivity index (χ2n) is 6.54. The van der Waals surface area contributed by atoms with Crippen LogP contribution in [0.1, 0.15) is 24.9 Å². The summed E-state index contributed by atoms with van der Waals surface area (Å²) in [6.07, 6.45) is 0.796. The second-order valence-corrected chi connectivity index (χ2v) is 7.67. The number of halogens is 1. The molecule has 142 valence electrons. The Morgan fingerprint density at radius 3 is 2.77 bits per heavy atom. The van der Waals surface area contributed by atoms with Crippen molar-refractivity contribution in [2.75, 3.05) is 45.0 Å². The number of carbonyl (C=O) groups excluding carboxylic acids is 2. The normalized spacial score (nSPS) is 20.4. The molecule has 1 fully saturated rings. The summed E-state index contributed by atoms with van der Waals surface area (Å²) in [6, 6.07) is 4.51. The van der Waals surface area contributed by atoms with E-state index in [0.29, 0.717) is 39.3 Å².